The molecule has 124 valence electrons. The van der Waals surface area contributed by atoms with Crippen molar-refractivity contribution in [1.82, 2.24) is 5.32 Å². The minimum atomic E-state index is -0.912. The molecular formula is C20H22N2O2. The van der Waals surface area contributed by atoms with E-state index in [1.54, 1.807) is 0 Å². The van der Waals surface area contributed by atoms with Gasteiger partial charge in [0.1, 0.15) is 5.41 Å². The fourth-order valence-corrected chi connectivity index (χ4v) is 2.74. The number of amides is 2. The zero-order valence-electron chi connectivity index (χ0n) is 14.1. The summed E-state index contributed by atoms with van der Waals surface area (Å²) >= 11 is 0. The maximum absolute atomic E-state index is 12.6. The molecule has 0 bridgehead atoms. The topological polar surface area (TPSA) is 58.2 Å². The van der Waals surface area contributed by atoms with Gasteiger partial charge in [-0.05, 0) is 49.4 Å². The average Bonchev–Trinajstić information content (AvgIpc) is 3.39. The van der Waals surface area contributed by atoms with Gasteiger partial charge in [0.15, 0.2) is 0 Å². The molecule has 0 unspecified atom stereocenters. The van der Waals surface area contributed by atoms with Crippen molar-refractivity contribution in [3.8, 4) is 0 Å². The molecule has 2 amide bonds. The Kier molecular flexibility index (Phi) is 4.38. The summed E-state index contributed by atoms with van der Waals surface area (Å²) in [5, 5.41) is 5.83. The summed E-state index contributed by atoms with van der Waals surface area (Å²) in [6, 6.07) is 15.6. The molecule has 1 aliphatic rings. The first-order chi connectivity index (χ1) is 11.5. The standard InChI is InChI=1S/C20H22N2O2/c1-14-8-9-15(2)17(12-14)22-19(24)20(10-11-20)18(23)21-13-16-6-4-3-5-7-16/h3-9,12H,10-11,13H2,1-2H3,(H,21,23)(H,22,24). The van der Waals surface area contributed by atoms with Crippen LogP contribution in [0.1, 0.15) is 29.5 Å². The molecule has 0 saturated heterocycles. The SMILES string of the molecule is Cc1ccc(C)c(NC(=O)C2(C(=O)NCc3ccccc3)CC2)c1. The quantitative estimate of drug-likeness (QED) is 0.830. The third-order valence-electron chi connectivity index (χ3n) is 4.56. The van der Waals surface area contributed by atoms with Crippen LogP contribution in [0.25, 0.3) is 0 Å². The number of anilines is 1. The molecule has 4 heteroatoms. The highest BCUT2D eigenvalue weighted by atomic mass is 16.2. The van der Waals surface area contributed by atoms with E-state index in [-0.39, 0.29) is 11.8 Å². The molecule has 2 aromatic rings. The zero-order chi connectivity index (χ0) is 17.2. The minimum Gasteiger partial charge on any atom is -0.351 e. The number of carbonyl (C=O) groups is 2. The number of aryl methyl sites for hydroxylation is 2. The zero-order valence-corrected chi connectivity index (χ0v) is 14.1. The monoisotopic (exact) mass is 322 g/mol. The van der Waals surface area contributed by atoms with Crippen molar-refractivity contribution in [2.45, 2.75) is 33.2 Å². The first kappa shape index (κ1) is 16.2. The molecule has 24 heavy (non-hydrogen) atoms. The van der Waals surface area contributed by atoms with Crippen LogP contribution < -0.4 is 10.6 Å². The van der Waals surface area contributed by atoms with Crippen LogP contribution in [0.4, 0.5) is 5.69 Å². The van der Waals surface area contributed by atoms with Crippen molar-refractivity contribution in [3.05, 3.63) is 65.2 Å². The second kappa shape index (κ2) is 6.48. The highest BCUT2D eigenvalue weighted by Crippen LogP contribution is 2.47. The number of benzene rings is 2. The van der Waals surface area contributed by atoms with Gasteiger partial charge in [0.2, 0.25) is 11.8 Å². The van der Waals surface area contributed by atoms with Crippen molar-refractivity contribution < 1.29 is 9.59 Å². The average molecular weight is 322 g/mol. The largest absolute Gasteiger partial charge is 0.351 e. The van der Waals surface area contributed by atoms with E-state index in [4.69, 9.17) is 0 Å². The van der Waals surface area contributed by atoms with Crippen molar-refractivity contribution >= 4 is 17.5 Å². The Bertz CT molecular complexity index is 764. The van der Waals surface area contributed by atoms with Crippen molar-refractivity contribution in [1.29, 1.82) is 0 Å². The van der Waals surface area contributed by atoms with Gasteiger partial charge in [-0.3, -0.25) is 9.59 Å². The summed E-state index contributed by atoms with van der Waals surface area (Å²) in [4.78, 5) is 25.2. The lowest BCUT2D eigenvalue weighted by molar-refractivity contribution is -0.134. The van der Waals surface area contributed by atoms with Crippen LogP contribution in [0, 0.1) is 19.3 Å². The molecule has 3 rings (SSSR count). The van der Waals surface area contributed by atoms with Gasteiger partial charge in [0.25, 0.3) is 0 Å². The van der Waals surface area contributed by atoms with Gasteiger partial charge >= 0.3 is 0 Å². The highest BCUT2D eigenvalue weighted by molar-refractivity contribution is 6.13. The lowest BCUT2D eigenvalue weighted by Crippen LogP contribution is -2.39. The summed E-state index contributed by atoms with van der Waals surface area (Å²) < 4.78 is 0. The maximum Gasteiger partial charge on any atom is 0.240 e. The predicted octanol–water partition coefficient (Wildman–Crippen LogP) is 3.34. The minimum absolute atomic E-state index is 0.186. The number of hydrogen-bond donors (Lipinski definition) is 2. The van der Waals surface area contributed by atoms with Gasteiger partial charge in [-0.15, -0.1) is 0 Å². The summed E-state index contributed by atoms with van der Waals surface area (Å²) in [6.45, 7) is 4.37. The molecule has 1 saturated carbocycles. The van der Waals surface area contributed by atoms with Crippen LogP contribution in [0.2, 0.25) is 0 Å². The summed E-state index contributed by atoms with van der Waals surface area (Å²) in [7, 11) is 0. The van der Waals surface area contributed by atoms with Gasteiger partial charge in [-0.25, -0.2) is 0 Å². The second-order valence-corrected chi connectivity index (χ2v) is 6.52. The summed E-state index contributed by atoms with van der Waals surface area (Å²) in [6.07, 6.45) is 1.20. The van der Waals surface area contributed by atoms with E-state index in [0.29, 0.717) is 19.4 Å². The third-order valence-corrected chi connectivity index (χ3v) is 4.56. The molecule has 1 fully saturated rings. The Morgan fingerprint density at radius 2 is 1.71 bits per heavy atom. The summed E-state index contributed by atoms with van der Waals surface area (Å²) in [5.74, 6) is -0.393. The molecule has 2 N–H and O–H groups in total. The molecule has 0 radical (unpaired) electrons. The number of rotatable bonds is 5. The van der Waals surface area contributed by atoms with Gasteiger partial charge in [0, 0.05) is 12.2 Å². The maximum atomic E-state index is 12.6. The van der Waals surface area contributed by atoms with Crippen LogP contribution >= 0.6 is 0 Å². The first-order valence-electron chi connectivity index (χ1n) is 8.22. The Balaban J connectivity index is 1.65. The Hall–Kier alpha value is -2.62. The summed E-state index contributed by atoms with van der Waals surface area (Å²) in [5.41, 5.74) is 2.97. The van der Waals surface area contributed by atoms with E-state index in [9.17, 15) is 9.59 Å². The van der Waals surface area contributed by atoms with Crippen LogP contribution in [0.5, 0.6) is 0 Å². The van der Waals surface area contributed by atoms with Crippen molar-refractivity contribution in [2.75, 3.05) is 5.32 Å². The lowest BCUT2D eigenvalue weighted by Gasteiger charge is -2.17. The van der Waals surface area contributed by atoms with E-state index in [1.165, 1.54) is 0 Å². The predicted molar refractivity (Wildman–Crippen MR) is 94.5 cm³/mol. The Morgan fingerprint density at radius 3 is 2.38 bits per heavy atom. The Labute approximate surface area is 142 Å². The molecule has 1 aliphatic carbocycles. The smallest absolute Gasteiger partial charge is 0.240 e. The van der Waals surface area contributed by atoms with Gasteiger partial charge in [-0.2, -0.15) is 0 Å². The van der Waals surface area contributed by atoms with E-state index < -0.39 is 5.41 Å². The van der Waals surface area contributed by atoms with Crippen LogP contribution in [-0.4, -0.2) is 11.8 Å². The second-order valence-electron chi connectivity index (χ2n) is 6.52. The normalized spacial score (nSPS) is 14.8. The molecule has 2 aromatic carbocycles. The number of nitrogens with one attached hydrogen (secondary N) is 2. The van der Waals surface area contributed by atoms with Gasteiger partial charge < -0.3 is 10.6 Å². The highest BCUT2D eigenvalue weighted by Gasteiger charge is 2.56. The molecule has 0 spiro atoms. The third kappa shape index (κ3) is 3.32. The van der Waals surface area contributed by atoms with Gasteiger partial charge in [0.05, 0.1) is 0 Å². The van der Waals surface area contributed by atoms with Crippen LogP contribution in [0.15, 0.2) is 48.5 Å². The van der Waals surface area contributed by atoms with Crippen molar-refractivity contribution in [2.24, 2.45) is 5.41 Å². The molecule has 0 atom stereocenters. The molecule has 4 nitrogen and oxygen atoms in total. The van der Waals surface area contributed by atoms with Crippen LogP contribution in [-0.2, 0) is 16.1 Å². The lowest BCUT2D eigenvalue weighted by atomic mass is 10.0. The van der Waals surface area contributed by atoms with E-state index in [0.717, 1.165) is 22.4 Å². The van der Waals surface area contributed by atoms with Gasteiger partial charge in [-0.1, -0.05) is 42.5 Å². The number of carbonyl (C=O) groups excluding carboxylic acids is 2. The fraction of sp³-hybridized carbons (Fsp3) is 0.300. The van der Waals surface area contributed by atoms with E-state index in [2.05, 4.69) is 10.6 Å². The first-order valence-corrected chi connectivity index (χ1v) is 8.22. The van der Waals surface area contributed by atoms with Crippen LogP contribution in [0.3, 0.4) is 0 Å². The molecular weight excluding hydrogens is 300 g/mol. The molecule has 0 aromatic heterocycles. The Morgan fingerprint density at radius 1 is 1.00 bits per heavy atom. The fourth-order valence-electron chi connectivity index (χ4n) is 2.74. The van der Waals surface area contributed by atoms with E-state index >= 15 is 0 Å². The van der Waals surface area contributed by atoms with Crippen molar-refractivity contribution in [3.63, 3.8) is 0 Å². The molecule has 0 heterocycles. The van der Waals surface area contributed by atoms with E-state index in [1.807, 2.05) is 62.4 Å². The molecule has 0 aliphatic heterocycles. The number of hydrogen-bond acceptors (Lipinski definition) is 2.